The molecule has 1 amide bonds. The van der Waals surface area contributed by atoms with Gasteiger partial charge >= 0.3 is 11.7 Å². The van der Waals surface area contributed by atoms with Crippen molar-refractivity contribution >= 4 is 34.3 Å². The standard InChI is InChI=1S/C38H58N6O8/c1-24(4-11-34(46)51-21-20-50-19-18-49-17-16-39)28-7-8-29-27-6-5-25-22-26(12-14-37(25,2)30(27)13-15-38(28,29)3)41-33(45)23-40-31-9-10-32(44(47)48)36-35(31)42-52-43-36/h9-10,24-30,40H,4-8,11-23,39H2,1-3H3,(H,41,45)/t24-,25?,26-,27?,28?,29?,30?,37?,38?/m1/s1. The summed E-state index contributed by atoms with van der Waals surface area (Å²) in [5.74, 6) is 3.69. The van der Waals surface area contributed by atoms with Crippen LogP contribution in [0.25, 0.3) is 11.0 Å². The Morgan fingerprint density at radius 3 is 2.50 bits per heavy atom. The van der Waals surface area contributed by atoms with Gasteiger partial charge in [0.1, 0.15) is 6.61 Å². The molecule has 0 aliphatic heterocycles. The molecule has 14 nitrogen and oxygen atoms in total. The van der Waals surface area contributed by atoms with Crippen molar-refractivity contribution in [3.63, 3.8) is 0 Å². The van der Waals surface area contributed by atoms with Gasteiger partial charge in [0.25, 0.3) is 0 Å². The first-order valence-corrected chi connectivity index (χ1v) is 19.5. The van der Waals surface area contributed by atoms with E-state index >= 15 is 0 Å². The second-order valence-electron chi connectivity index (χ2n) is 16.4. The zero-order valence-electron chi connectivity index (χ0n) is 31.1. The minimum atomic E-state index is -0.530. The molecule has 14 heteroatoms. The van der Waals surface area contributed by atoms with Gasteiger partial charge in [-0.15, -0.1) is 0 Å². The molecule has 0 bridgehead atoms. The number of rotatable bonds is 17. The largest absolute Gasteiger partial charge is 0.463 e. The first-order chi connectivity index (χ1) is 25.0. The molecule has 2 aromatic rings. The van der Waals surface area contributed by atoms with Gasteiger partial charge in [0.15, 0.2) is 5.52 Å². The van der Waals surface area contributed by atoms with Crippen molar-refractivity contribution in [1.82, 2.24) is 15.6 Å². The van der Waals surface area contributed by atoms with E-state index in [0.717, 1.165) is 43.4 Å². The van der Waals surface area contributed by atoms with Crippen LogP contribution in [0.5, 0.6) is 0 Å². The average Bonchev–Trinajstić information content (AvgIpc) is 3.76. The Bertz CT molecular complexity index is 1550. The minimum Gasteiger partial charge on any atom is -0.463 e. The van der Waals surface area contributed by atoms with Gasteiger partial charge in [-0.25, -0.2) is 4.63 Å². The van der Waals surface area contributed by atoms with E-state index in [1.165, 1.54) is 50.7 Å². The molecule has 1 heterocycles. The Hall–Kier alpha value is -3.36. The Kier molecular flexibility index (Phi) is 12.4. The zero-order valence-corrected chi connectivity index (χ0v) is 31.1. The highest BCUT2D eigenvalue weighted by Gasteiger charge is 2.60. The summed E-state index contributed by atoms with van der Waals surface area (Å²) in [5, 5.41) is 25.1. The predicted octanol–water partition coefficient (Wildman–Crippen LogP) is 5.64. The maximum atomic E-state index is 13.1. The van der Waals surface area contributed by atoms with Crippen LogP contribution < -0.4 is 16.4 Å². The lowest BCUT2D eigenvalue weighted by molar-refractivity contribution is -0.383. The summed E-state index contributed by atoms with van der Waals surface area (Å²) in [5.41, 5.74) is 6.59. The third-order valence-electron chi connectivity index (χ3n) is 13.8. The summed E-state index contributed by atoms with van der Waals surface area (Å²) in [7, 11) is 0. The van der Waals surface area contributed by atoms with Crippen LogP contribution in [-0.4, -0.2) is 79.3 Å². The number of nitrogens with two attached hydrogens (primary N) is 1. The number of hydrogen-bond donors (Lipinski definition) is 3. The number of non-ortho nitro benzene ring substituents is 1. The first-order valence-electron chi connectivity index (χ1n) is 19.5. The number of nitrogens with one attached hydrogen (secondary N) is 2. The number of carbonyl (C=O) groups excluding carboxylic acids is 2. The Balaban J connectivity index is 0.952. The normalized spacial score (nSPS) is 31.6. The molecule has 1 aromatic carbocycles. The number of esters is 1. The molecule has 4 fully saturated rings. The maximum Gasteiger partial charge on any atom is 0.305 e. The number of anilines is 1. The topological polar surface area (TPSA) is 194 Å². The van der Waals surface area contributed by atoms with Crippen LogP contribution in [0.4, 0.5) is 11.4 Å². The van der Waals surface area contributed by atoms with Gasteiger partial charge in [-0.3, -0.25) is 19.7 Å². The lowest BCUT2D eigenvalue weighted by Crippen LogP contribution is -2.55. The van der Waals surface area contributed by atoms with Gasteiger partial charge in [-0.2, -0.15) is 0 Å². The molecule has 52 heavy (non-hydrogen) atoms. The van der Waals surface area contributed by atoms with Crippen molar-refractivity contribution in [2.24, 2.45) is 52.1 Å². The van der Waals surface area contributed by atoms with Crippen LogP contribution in [0.3, 0.4) is 0 Å². The molecular formula is C38H58N6O8. The Morgan fingerprint density at radius 2 is 1.71 bits per heavy atom. The SMILES string of the molecule is C[C@H](CCC(=O)OCCOCCOCCN)C1CCC2C3CCC4C[C@H](NC(=O)CNc5ccc([N+](=O)[O-])c6nonc56)CCC4(C)C3CCC21C. The van der Waals surface area contributed by atoms with Gasteiger partial charge in [-0.1, -0.05) is 20.8 Å². The molecule has 4 aliphatic carbocycles. The highest BCUT2D eigenvalue weighted by molar-refractivity contribution is 5.94. The van der Waals surface area contributed by atoms with Crippen molar-refractivity contribution in [3.05, 3.63) is 22.2 Å². The molecule has 0 radical (unpaired) electrons. The number of amides is 1. The Labute approximate surface area is 306 Å². The Morgan fingerprint density at radius 1 is 0.981 bits per heavy atom. The third-order valence-corrected chi connectivity index (χ3v) is 13.8. The van der Waals surface area contributed by atoms with Crippen LogP contribution >= 0.6 is 0 Å². The predicted molar refractivity (Wildman–Crippen MR) is 194 cm³/mol. The van der Waals surface area contributed by atoms with E-state index in [0.29, 0.717) is 73.7 Å². The minimum absolute atomic E-state index is 0.0331. The van der Waals surface area contributed by atoms with Gasteiger partial charge in [0.05, 0.1) is 43.6 Å². The number of carbonyl (C=O) groups is 2. The molecule has 9 atom stereocenters. The monoisotopic (exact) mass is 726 g/mol. The molecule has 7 unspecified atom stereocenters. The highest BCUT2D eigenvalue weighted by Crippen LogP contribution is 2.68. The smallest absolute Gasteiger partial charge is 0.305 e. The number of nitro benzene ring substituents is 1. The number of aromatic nitrogens is 2. The van der Waals surface area contributed by atoms with Crippen LogP contribution in [0.1, 0.15) is 91.4 Å². The number of ether oxygens (including phenoxy) is 3. The first kappa shape index (κ1) is 38.4. The summed E-state index contributed by atoms with van der Waals surface area (Å²) in [6.45, 7) is 10.1. The molecule has 0 saturated heterocycles. The molecule has 4 saturated carbocycles. The summed E-state index contributed by atoms with van der Waals surface area (Å²) < 4.78 is 20.9. The van der Waals surface area contributed by atoms with E-state index in [1.807, 2.05) is 0 Å². The molecule has 4 N–H and O–H groups in total. The van der Waals surface area contributed by atoms with Gasteiger partial charge in [-0.05, 0) is 127 Å². The van der Waals surface area contributed by atoms with Crippen molar-refractivity contribution in [1.29, 1.82) is 0 Å². The van der Waals surface area contributed by atoms with Gasteiger partial charge in [0, 0.05) is 25.1 Å². The third kappa shape index (κ3) is 8.08. The van der Waals surface area contributed by atoms with Crippen LogP contribution in [0.2, 0.25) is 0 Å². The van der Waals surface area contributed by atoms with E-state index in [1.54, 1.807) is 0 Å². The van der Waals surface area contributed by atoms with Gasteiger partial charge < -0.3 is 30.6 Å². The van der Waals surface area contributed by atoms with Crippen molar-refractivity contribution in [2.45, 2.75) is 97.4 Å². The van der Waals surface area contributed by atoms with Crippen LogP contribution in [0.15, 0.2) is 16.8 Å². The highest BCUT2D eigenvalue weighted by atomic mass is 16.6. The van der Waals surface area contributed by atoms with Crippen molar-refractivity contribution in [3.8, 4) is 0 Å². The molecule has 4 aliphatic rings. The molecular weight excluding hydrogens is 668 g/mol. The summed E-state index contributed by atoms with van der Waals surface area (Å²) in [6, 6.07) is 3.01. The van der Waals surface area contributed by atoms with Crippen molar-refractivity contribution in [2.75, 3.05) is 51.4 Å². The summed E-state index contributed by atoms with van der Waals surface area (Å²) >= 11 is 0. The van der Waals surface area contributed by atoms with E-state index in [4.69, 9.17) is 24.6 Å². The molecule has 288 valence electrons. The van der Waals surface area contributed by atoms with Crippen molar-refractivity contribution < 1.29 is 33.4 Å². The molecule has 0 spiro atoms. The number of nitrogens with zero attached hydrogens (tertiary/aromatic N) is 3. The van der Waals surface area contributed by atoms with Gasteiger partial charge in [0.2, 0.25) is 11.4 Å². The van der Waals surface area contributed by atoms with Crippen LogP contribution in [0, 0.1) is 56.5 Å². The van der Waals surface area contributed by atoms with E-state index in [2.05, 4.69) is 41.7 Å². The summed E-state index contributed by atoms with van der Waals surface area (Å²) in [4.78, 5) is 36.4. The average molecular weight is 727 g/mol. The quantitative estimate of drug-likeness (QED) is 0.0788. The zero-order chi connectivity index (χ0) is 36.9. The number of nitro groups is 1. The molecule has 6 rings (SSSR count). The second-order valence-corrected chi connectivity index (χ2v) is 16.4. The fourth-order valence-electron chi connectivity index (χ4n) is 11.2. The molecule has 1 aromatic heterocycles. The van der Waals surface area contributed by atoms with E-state index < -0.39 is 4.92 Å². The second kappa shape index (κ2) is 16.8. The maximum absolute atomic E-state index is 13.1. The number of hydrogen-bond acceptors (Lipinski definition) is 12. The van der Waals surface area contributed by atoms with E-state index in [9.17, 15) is 19.7 Å². The van der Waals surface area contributed by atoms with Crippen LogP contribution in [-0.2, 0) is 23.8 Å². The fraction of sp³-hybridized carbons (Fsp3) is 0.789. The fourth-order valence-corrected chi connectivity index (χ4v) is 11.2. The lowest BCUT2D eigenvalue weighted by atomic mass is 9.44. The lowest BCUT2D eigenvalue weighted by Gasteiger charge is -2.61. The number of benzene rings is 1. The number of fused-ring (bicyclic) bond motifs is 6. The summed E-state index contributed by atoms with van der Waals surface area (Å²) in [6.07, 6.45) is 12.0. The van der Waals surface area contributed by atoms with E-state index in [-0.39, 0.29) is 47.8 Å².